The fourth-order valence-electron chi connectivity index (χ4n) is 3.19. The molecule has 0 saturated carbocycles. The Kier molecular flexibility index (Phi) is 6.84. The highest BCUT2D eigenvalue weighted by atomic mass is 15.3. The predicted molar refractivity (Wildman–Crippen MR) is 112 cm³/mol. The van der Waals surface area contributed by atoms with E-state index in [2.05, 4.69) is 67.8 Å². The number of hydrogen-bond donors (Lipinski definition) is 2. The van der Waals surface area contributed by atoms with Gasteiger partial charge in [-0.1, -0.05) is 24.3 Å². The van der Waals surface area contributed by atoms with Crippen LogP contribution < -0.4 is 10.6 Å². The van der Waals surface area contributed by atoms with Gasteiger partial charge in [-0.25, -0.2) is 0 Å². The molecule has 3 aromatic rings. The molecule has 0 atom stereocenters. The third kappa shape index (κ3) is 5.45. The number of guanidine groups is 1. The summed E-state index contributed by atoms with van der Waals surface area (Å²) in [5, 5.41) is 15.6. The zero-order valence-corrected chi connectivity index (χ0v) is 16.9. The first-order valence-corrected chi connectivity index (χ1v) is 9.65. The molecule has 0 aliphatic heterocycles. The number of nitrogens with zero attached hydrogens (tertiary/aromatic N) is 5. The van der Waals surface area contributed by atoms with Crippen molar-refractivity contribution in [2.75, 3.05) is 13.6 Å². The SMILES string of the molecule is CN=C(NCCCn1nc(C)cc1C)NCc1ccccc1Cn1cccn1. The van der Waals surface area contributed by atoms with Crippen molar-refractivity contribution in [2.24, 2.45) is 4.99 Å². The van der Waals surface area contributed by atoms with Gasteiger partial charge in [0.1, 0.15) is 0 Å². The second kappa shape index (κ2) is 9.73. The zero-order valence-electron chi connectivity index (χ0n) is 16.9. The van der Waals surface area contributed by atoms with Crippen molar-refractivity contribution in [3.63, 3.8) is 0 Å². The highest BCUT2D eigenvalue weighted by molar-refractivity contribution is 5.79. The van der Waals surface area contributed by atoms with Crippen LogP contribution in [0.4, 0.5) is 0 Å². The fourth-order valence-corrected chi connectivity index (χ4v) is 3.19. The van der Waals surface area contributed by atoms with E-state index in [9.17, 15) is 0 Å². The summed E-state index contributed by atoms with van der Waals surface area (Å²) in [6.07, 6.45) is 4.77. The van der Waals surface area contributed by atoms with E-state index in [1.54, 1.807) is 13.2 Å². The van der Waals surface area contributed by atoms with Crippen molar-refractivity contribution in [1.29, 1.82) is 0 Å². The second-order valence-corrected chi connectivity index (χ2v) is 6.83. The first-order valence-electron chi connectivity index (χ1n) is 9.65. The Balaban J connectivity index is 1.47. The van der Waals surface area contributed by atoms with Gasteiger partial charge >= 0.3 is 0 Å². The molecule has 2 N–H and O–H groups in total. The van der Waals surface area contributed by atoms with Crippen LogP contribution in [0.15, 0.2) is 53.8 Å². The van der Waals surface area contributed by atoms with Gasteiger partial charge in [0.2, 0.25) is 0 Å². The molecule has 0 aliphatic carbocycles. The lowest BCUT2D eigenvalue weighted by atomic mass is 10.1. The van der Waals surface area contributed by atoms with Crippen molar-refractivity contribution >= 4 is 5.96 Å². The molecular weight excluding hydrogens is 350 g/mol. The number of hydrogen-bond acceptors (Lipinski definition) is 3. The molecule has 28 heavy (non-hydrogen) atoms. The van der Waals surface area contributed by atoms with Gasteiger partial charge in [0.05, 0.1) is 12.2 Å². The van der Waals surface area contributed by atoms with Crippen LogP contribution in [0.2, 0.25) is 0 Å². The summed E-state index contributed by atoms with van der Waals surface area (Å²) in [5.41, 5.74) is 4.76. The topological polar surface area (TPSA) is 72.1 Å². The molecular formula is C21H29N7. The number of nitrogens with one attached hydrogen (secondary N) is 2. The van der Waals surface area contributed by atoms with Crippen molar-refractivity contribution < 1.29 is 0 Å². The first-order chi connectivity index (χ1) is 13.7. The Bertz CT molecular complexity index is 893. The van der Waals surface area contributed by atoms with Crippen molar-refractivity contribution in [1.82, 2.24) is 30.2 Å². The van der Waals surface area contributed by atoms with E-state index in [1.165, 1.54) is 16.8 Å². The van der Waals surface area contributed by atoms with Gasteiger partial charge in [0.15, 0.2) is 5.96 Å². The lowest BCUT2D eigenvalue weighted by Crippen LogP contribution is -2.37. The standard InChI is InChI=1S/C21H29N7/c1-17-14-18(2)28(26-17)13-6-10-23-21(22-3)24-15-19-8-4-5-9-20(19)16-27-12-7-11-25-27/h4-5,7-9,11-12,14H,6,10,13,15-16H2,1-3H3,(H2,22,23,24). The van der Waals surface area contributed by atoms with Crippen molar-refractivity contribution in [3.8, 4) is 0 Å². The van der Waals surface area contributed by atoms with Crippen molar-refractivity contribution in [3.05, 3.63) is 71.3 Å². The van der Waals surface area contributed by atoms with Crippen LogP contribution >= 0.6 is 0 Å². The van der Waals surface area contributed by atoms with E-state index in [4.69, 9.17) is 0 Å². The van der Waals surface area contributed by atoms with Gasteiger partial charge in [-0.2, -0.15) is 10.2 Å². The van der Waals surface area contributed by atoms with Crippen LogP contribution in [0.25, 0.3) is 0 Å². The Hall–Kier alpha value is -3.09. The maximum absolute atomic E-state index is 4.50. The molecule has 2 aromatic heterocycles. The Morgan fingerprint density at radius 2 is 1.93 bits per heavy atom. The highest BCUT2D eigenvalue weighted by Gasteiger charge is 2.05. The summed E-state index contributed by atoms with van der Waals surface area (Å²) in [4.78, 5) is 4.33. The Morgan fingerprint density at radius 1 is 1.11 bits per heavy atom. The highest BCUT2D eigenvalue weighted by Crippen LogP contribution is 2.10. The van der Waals surface area contributed by atoms with E-state index in [1.807, 2.05) is 23.9 Å². The smallest absolute Gasteiger partial charge is 0.191 e. The van der Waals surface area contributed by atoms with Gasteiger partial charge in [-0.15, -0.1) is 0 Å². The largest absolute Gasteiger partial charge is 0.356 e. The third-order valence-electron chi connectivity index (χ3n) is 4.62. The molecule has 2 heterocycles. The molecule has 0 aliphatic rings. The number of benzene rings is 1. The van der Waals surface area contributed by atoms with Gasteiger partial charge < -0.3 is 10.6 Å². The Morgan fingerprint density at radius 3 is 2.61 bits per heavy atom. The minimum Gasteiger partial charge on any atom is -0.356 e. The van der Waals surface area contributed by atoms with E-state index in [0.29, 0.717) is 6.54 Å². The molecule has 1 aromatic carbocycles. The number of aryl methyl sites for hydroxylation is 3. The summed E-state index contributed by atoms with van der Waals surface area (Å²) in [7, 11) is 1.80. The number of aliphatic imine (C=N–C) groups is 1. The molecule has 0 bridgehead atoms. The normalized spacial score (nSPS) is 11.6. The molecule has 7 heteroatoms. The summed E-state index contributed by atoms with van der Waals surface area (Å²) in [6.45, 7) is 7.34. The van der Waals surface area contributed by atoms with Crippen molar-refractivity contribution in [2.45, 2.75) is 39.9 Å². The molecule has 0 spiro atoms. The molecule has 3 rings (SSSR count). The second-order valence-electron chi connectivity index (χ2n) is 6.83. The van der Waals surface area contributed by atoms with Gasteiger partial charge in [-0.3, -0.25) is 14.4 Å². The predicted octanol–water partition coefficient (Wildman–Crippen LogP) is 2.50. The number of rotatable bonds is 8. The first kappa shape index (κ1) is 19.7. The quantitative estimate of drug-likeness (QED) is 0.358. The van der Waals surface area contributed by atoms with E-state index < -0.39 is 0 Å². The minimum atomic E-state index is 0.717. The number of aromatic nitrogens is 4. The monoisotopic (exact) mass is 379 g/mol. The van der Waals surface area contributed by atoms with Crippen LogP contribution in [0.3, 0.4) is 0 Å². The summed E-state index contributed by atoms with van der Waals surface area (Å²) in [5.74, 6) is 0.808. The van der Waals surface area contributed by atoms with Gasteiger partial charge in [0, 0.05) is 44.8 Å². The molecule has 7 nitrogen and oxygen atoms in total. The van der Waals surface area contributed by atoms with E-state index in [0.717, 1.165) is 37.7 Å². The molecule has 148 valence electrons. The molecule has 0 radical (unpaired) electrons. The third-order valence-corrected chi connectivity index (χ3v) is 4.62. The van der Waals surface area contributed by atoms with Crippen LogP contribution in [0, 0.1) is 13.8 Å². The zero-order chi connectivity index (χ0) is 19.8. The lowest BCUT2D eigenvalue weighted by Gasteiger charge is -2.14. The maximum atomic E-state index is 4.50. The molecule has 0 fully saturated rings. The summed E-state index contributed by atoms with van der Waals surface area (Å²) < 4.78 is 3.99. The Labute approximate surface area is 166 Å². The summed E-state index contributed by atoms with van der Waals surface area (Å²) >= 11 is 0. The van der Waals surface area contributed by atoms with Gasteiger partial charge in [0.25, 0.3) is 0 Å². The average molecular weight is 380 g/mol. The van der Waals surface area contributed by atoms with Crippen LogP contribution in [-0.2, 0) is 19.6 Å². The van der Waals surface area contributed by atoms with E-state index >= 15 is 0 Å². The fraction of sp³-hybridized carbons (Fsp3) is 0.381. The van der Waals surface area contributed by atoms with Crippen LogP contribution in [0.5, 0.6) is 0 Å². The van der Waals surface area contributed by atoms with E-state index in [-0.39, 0.29) is 0 Å². The molecule has 0 saturated heterocycles. The van der Waals surface area contributed by atoms with Crippen LogP contribution in [-0.4, -0.2) is 39.1 Å². The lowest BCUT2D eigenvalue weighted by molar-refractivity contribution is 0.555. The molecule has 0 amide bonds. The minimum absolute atomic E-state index is 0.717. The van der Waals surface area contributed by atoms with Gasteiger partial charge in [-0.05, 0) is 43.5 Å². The van der Waals surface area contributed by atoms with Crippen LogP contribution in [0.1, 0.15) is 28.9 Å². The maximum Gasteiger partial charge on any atom is 0.191 e. The molecule has 0 unspecified atom stereocenters. The average Bonchev–Trinajstić information content (AvgIpc) is 3.31. The summed E-state index contributed by atoms with van der Waals surface area (Å²) in [6, 6.07) is 12.5.